The lowest BCUT2D eigenvalue weighted by atomic mass is 9.83. The fourth-order valence-corrected chi connectivity index (χ4v) is 3.20. The van der Waals surface area contributed by atoms with Gasteiger partial charge >= 0.3 is 0 Å². The molecule has 108 valence electrons. The normalized spacial score (nSPS) is 23.1. The first-order valence-electron chi connectivity index (χ1n) is 7.66. The number of aromatic nitrogens is 3. The number of pyridine rings is 1. The van der Waals surface area contributed by atoms with E-state index in [1.54, 1.807) is 0 Å². The van der Waals surface area contributed by atoms with Gasteiger partial charge in [0.15, 0.2) is 5.65 Å². The molecule has 0 saturated heterocycles. The lowest BCUT2D eigenvalue weighted by Gasteiger charge is -2.26. The zero-order chi connectivity index (χ0) is 14.1. The second-order valence-electron chi connectivity index (χ2n) is 6.31. The average Bonchev–Trinajstić information content (AvgIpc) is 2.73. The van der Waals surface area contributed by atoms with E-state index < -0.39 is 0 Å². The van der Waals surface area contributed by atoms with Crippen LogP contribution in [-0.4, -0.2) is 21.3 Å². The highest BCUT2D eigenvalue weighted by Gasteiger charge is 2.18. The van der Waals surface area contributed by atoms with E-state index in [1.165, 1.54) is 25.7 Å². The van der Waals surface area contributed by atoms with Crippen LogP contribution < -0.4 is 5.32 Å². The zero-order valence-electron chi connectivity index (χ0n) is 12.7. The second-order valence-corrected chi connectivity index (χ2v) is 6.31. The van der Waals surface area contributed by atoms with Gasteiger partial charge < -0.3 is 5.32 Å². The van der Waals surface area contributed by atoms with E-state index in [1.807, 2.05) is 24.9 Å². The second kappa shape index (κ2) is 5.43. The van der Waals surface area contributed by atoms with Crippen LogP contribution in [0.4, 0.5) is 5.69 Å². The molecule has 0 unspecified atom stereocenters. The number of rotatable bonds is 3. The monoisotopic (exact) mass is 272 g/mol. The summed E-state index contributed by atoms with van der Waals surface area (Å²) in [5.41, 5.74) is 3.12. The third-order valence-corrected chi connectivity index (χ3v) is 4.59. The molecular weight excluding hydrogens is 248 g/mol. The molecule has 0 atom stereocenters. The average molecular weight is 272 g/mol. The lowest BCUT2D eigenvalue weighted by molar-refractivity contribution is 0.300. The predicted molar refractivity (Wildman–Crippen MR) is 82.9 cm³/mol. The van der Waals surface area contributed by atoms with Crippen LogP contribution in [0, 0.1) is 18.8 Å². The van der Waals surface area contributed by atoms with Gasteiger partial charge in [0.05, 0.1) is 17.6 Å². The Bertz CT molecular complexity index is 594. The number of nitrogens with zero attached hydrogens (tertiary/aromatic N) is 3. The largest absolute Gasteiger partial charge is 0.384 e. The van der Waals surface area contributed by atoms with Crippen molar-refractivity contribution in [1.29, 1.82) is 0 Å². The summed E-state index contributed by atoms with van der Waals surface area (Å²) in [7, 11) is 1.94. The van der Waals surface area contributed by atoms with Gasteiger partial charge in [0.25, 0.3) is 0 Å². The summed E-state index contributed by atoms with van der Waals surface area (Å²) >= 11 is 0. The third kappa shape index (κ3) is 2.65. The standard InChI is InChI=1S/C16H24N4/c1-11-4-6-13(7-5-11)9-17-14-8-15-12(2)19-20(3)16(15)18-10-14/h8,10-11,13,17H,4-7,9H2,1-3H3. The Morgan fingerprint density at radius 2 is 2.05 bits per heavy atom. The maximum Gasteiger partial charge on any atom is 0.157 e. The first kappa shape index (κ1) is 13.4. The van der Waals surface area contributed by atoms with Gasteiger partial charge in [-0.25, -0.2) is 4.98 Å². The molecule has 0 radical (unpaired) electrons. The van der Waals surface area contributed by atoms with Crippen LogP contribution in [0.25, 0.3) is 11.0 Å². The molecule has 1 N–H and O–H groups in total. The van der Waals surface area contributed by atoms with Crippen LogP contribution in [-0.2, 0) is 7.05 Å². The lowest BCUT2D eigenvalue weighted by Crippen LogP contribution is -2.20. The van der Waals surface area contributed by atoms with Gasteiger partial charge in [-0.2, -0.15) is 5.10 Å². The molecule has 1 aliphatic rings. The summed E-state index contributed by atoms with van der Waals surface area (Å²) in [6.07, 6.45) is 7.40. The number of aryl methyl sites for hydroxylation is 2. The Morgan fingerprint density at radius 1 is 1.30 bits per heavy atom. The minimum Gasteiger partial charge on any atom is -0.384 e. The Labute approximate surface area is 120 Å². The molecule has 2 aromatic heterocycles. The van der Waals surface area contributed by atoms with E-state index in [9.17, 15) is 0 Å². The summed E-state index contributed by atoms with van der Waals surface area (Å²) in [6, 6.07) is 2.18. The van der Waals surface area contributed by atoms with Crippen molar-refractivity contribution in [3.8, 4) is 0 Å². The van der Waals surface area contributed by atoms with Crippen molar-refractivity contribution in [3.63, 3.8) is 0 Å². The maximum absolute atomic E-state index is 4.52. The number of anilines is 1. The Morgan fingerprint density at radius 3 is 2.80 bits per heavy atom. The van der Waals surface area contributed by atoms with E-state index in [0.717, 1.165) is 40.8 Å². The molecule has 0 aliphatic heterocycles. The van der Waals surface area contributed by atoms with E-state index in [2.05, 4.69) is 28.4 Å². The van der Waals surface area contributed by atoms with Gasteiger partial charge in [-0.1, -0.05) is 19.8 Å². The molecule has 0 spiro atoms. The van der Waals surface area contributed by atoms with Crippen molar-refractivity contribution in [2.24, 2.45) is 18.9 Å². The predicted octanol–water partition coefficient (Wildman–Crippen LogP) is 3.51. The van der Waals surface area contributed by atoms with Gasteiger partial charge in [0.1, 0.15) is 0 Å². The van der Waals surface area contributed by atoms with Crippen molar-refractivity contribution < 1.29 is 0 Å². The van der Waals surface area contributed by atoms with Crippen LogP contribution in [0.5, 0.6) is 0 Å². The summed E-state index contributed by atoms with van der Waals surface area (Å²) in [5.74, 6) is 1.74. The summed E-state index contributed by atoms with van der Waals surface area (Å²) in [6.45, 7) is 5.47. The Kier molecular flexibility index (Phi) is 3.64. The highest BCUT2D eigenvalue weighted by Crippen LogP contribution is 2.28. The smallest absolute Gasteiger partial charge is 0.157 e. The topological polar surface area (TPSA) is 42.7 Å². The minimum absolute atomic E-state index is 0.817. The zero-order valence-corrected chi connectivity index (χ0v) is 12.7. The van der Waals surface area contributed by atoms with Gasteiger partial charge in [0, 0.05) is 19.0 Å². The molecule has 1 saturated carbocycles. The first-order chi connectivity index (χ1) is 9.63. The van der Waals surface area contributed by atoms with Gasteiger partial charge in [-0.3, -0.25) is 4.68 Å². The van der Waals surface area contributed by atoms with Gasteiger partial charge in [0.2, 0.25) is 0 Å². The molecule has 0 aromatic carbocycles. The molecule has 0 amide bonds. The van der Waals surface area contributed by atoms with Crippen LogP contribution in [0.2, 0.25) is 0 Å². The minimum atomic E-state index is 0.817. The third-order valence-electron chi connectivity index (χ3n) is 4.59. The molecule has 4 heteroatoms. The maximum atomic E-state index is 4.52. The van der Waals surface area contributed by atoms with E-state index in [0.29, 0.717) is 0 Å². The van der Waals surface area contributed by atoms with Crippen molar-refractivity contribution in [2.75, 3.05) is 11.9 Å². The number of hydrogen-bond donors (Lipinski definition) is 1. The van der Waals surface area contributed by atoms with Crippen LogP contribution >= 0.6 is 0 Å². The van der Waals surface area contributed by atoms with Crippen molar-refractivity contribution >= 4 is 16.7 Å². The molecule has 4 nitrogen and oxygen atoms in total. The van der Waals surface area contributed by atoms with E-state index in [-0.39, 0.29) is 0 Å². The van der Waals surface area contributed by atoms with E-state index in [4.69, 9.17) is 0 Å². The van der Waals surface area contributed by atoms with Crippen molar-refractivity contribution in [3.05, 3.63) is 18.0 Å². The van der Waals surface area contributed by atoms with E-state index >= 15 is 0 Å². The molecule has 2 aromatic rings. The molecule has 1 aliphatic carbocycles. The van der Waals surface area contributed by atoms with Crippen molar-refractivity contribution in [2.45, 2.75) is 39.5 Å². The molecule has 2 heterocycles. The molecule has 3 rings (SSSR count). The van der Waals surface area contributed by atoms with Gasteiger partial charge in [-0.05, 0) is 37.7 Å². The summed E-state index contributed by atoms with van der Waals surface area (Å²) in [5, 5.41) is 9.12. The highest BCUT2D eigenvalue weighted by molar-refractivity contribution is 5.81. The van der Waals surface area contributed by atoms with Crippen LogP contribution in [0.15, 0.2) is 12.3 Å². The molecule has 0 bridgehead atoms. The molecular formula is C16H24N4. The summed E-state index contributed by atoms with van der Waals surface area (Å²) in [4.78, 5) is 4.52. The summed E-state index contributed by atoms with van der Waals surface area (Å²) < 4.78 is 1.84. The number of fused-ring (bicyclic) bond motifs is 1. The van der Waals surface area contributed by atoms with Crippen LogP contribution in [0.1, 0.15) is 38.3 Å². The Balaban J connectivity index is 1.67. The fraction of sp³-hybridized carbons (Fsp3) is 0.625. The highest BCUT2D eigenvalue weighted by atomic mass is 15.3. The van der Waals surface area contributed by atoms with Crippen molar-refractivity contribution in [1.82, 2.24) is 14.8 Å². The number of hydrogen-bond acceptors (Lipinski definition) is 3. The molecule has 20 heavy (non-hydrogen) atoms. The Hall–Kier alpha value is -1.58. The molecule has 1 fully saturated rings. The first-order valence-corrected chi connectivity index (χ1v) is 7.66. The quantitative estimate of drug-likeness (QED) is 0.929. The fourth-order valence-electron chi connectivity index (χ4n) is 3.20. The number of nitrogens with one attached hydrogen (secondary N) is 1. The van der Waals surface area contributed by atoms with Crippen LogP contribution in [0.3, 0.4) is 0 Å². The van der Waals surface area contributed by atoms with Gasteiger partial charge in [-0.15, -0.1) is 0 Å². The SMILES string of the molecule is Cc1nn(C)c2ncc(NCC3CCC(C)CC3)cc12.